The lowest BCUT2D eigenvalue weighted by Gasteiger charge is -2.02. The average Bonchev–Trinajstić information content (AvgIpc) is 1.85. The van der Waals surface area contributed by atoms with Gasteiger partial charge in [-0.15, -0.1) is 0 Å². The molecule has 0 fully saturated rings. The molecule has 1 aromatic rings. The van der Waals surface area contributed by atoms with Crippen molar-refractivity contribution in [1.29, 1.82) is 0 Å². The van der Waals surface area contributed by atoms with Crippen LogP contribution in [0.1, 0.15) is 6.92 Å². The van der Waals surface area contributed by atoms with Crippen LogP contribution < -0.4 is 5.32 Å². The van der Waals surface area contributed by atoms with Gasteiger partial charge in [-0.25, -0.2) is 4.39 Å². The average molecular weight is 265 g/mol. The first-order valence-electron chi connectivity index (χ1n) is 3.42. The third-order valence-corrected chi connectivity index (χ3v) is 1.87. The Labute approximate surface area is 79.1 Å². The molecule has 1 aromatic carbocycles. The monoisotopic (exact) mass is 265 g/mol. The van der Waals surface area contributed by atoms with Crippen LogP contribution in [0.25, 0.3) is 0 Å². The van der Waals surface area contributed by atoms with Gasteiger partial charge >= 0.3 is 0 Å². The number of nitrogens with one attached hydrogen (secondary N) is 1. The second-order valence-electron chi connectivity index (χ2n) is 2.19. The quantitative estimate of drug-likeness (QED) is 0.811. The van der Waals surface area contributed by atoms with Crippen molar-refractivity contribution in [3.05, 3.63) is 27.6 Å². The van der Waals surface area contributed by atoms with Crippen LogP contribution in [0.4, 0.5) is 10.1 Å². The maximum Gasteiger partial charge on any atom is 0.126 e. The number of anilines is 1. The van der Waals surface area contributed by atoms with Crippen LogP contribution in [-0.4, -0.2) is 6.54 Å². The summed E-state index contributed by atoms with van der Waals surface area (Å²) < 4.78 is 13.6. The molecular formula is C8H9FIN. The zero-order valence-corrected chi connectivity index (χ0v) is 8.35. The molecule has 1 N–H and O–H groups in total. The lowest BCUT2D eigenvalue weighted by molar-refractivity contribution is 0.627. The highest BCUT2D eigenvalue weighted by molar-refractivity contribution is 14.1. The maximum absolute atomic E-state index is 12.7. The summed E-state index contributed by atoms with van der Waals surface area (Å²) in [5, 5.41) is 3.04. The van der Waals surface area contributed by atoms with Crippen LogP contribution in [0, 0.1) is 9.39 Å². The van der Waals surface area contributed by atoms with E-state index in [0.717, 1.165) is 15.8 Å². The molecule has 60 valence electrons. The van der Waals surface area contributed by atoms with E-state index in [-0.39, 0.29) is 5.82 Å². The smallest absolute Gasteiger partial charge is 0.126 e. The molecule has 1 nitrogen and oxygen atoms in total. The van der Waals surface area contributed by atoms with E-state index in [4.69, 9.17) is 0 Å². The van der Waals surface area contributed by atoms with Crippen LogP contribution in [0.2, 0.25) is 0 Å². The third-order valence-electron chi connectivity index (χ3n) is 1.24. The molecular weight excluding hydrogens is 256 g/mol. The van der Waals surface area contributed by atoms with E-state index in [1.807, 2.05) is 13.0 Å². The topological polar surface area (TPSA) is 12.0 Å². The summed E-state index contributed by atoms with van der Waals surface area (Å²) in [6, 6.07) is 4.90. The van der Waals surface area contributed by atoms with Crippen molar-refractivity contribution in [2.24, 2.45) is 0 Å². The van der Waals surface area contributed by atoms with Gasteiger partial charge in [0.25, 0.3) is 0 Å². The fourth-order valence-electron chi connectivity index (χ4n) is 0.860. The van der Waals surface area contributed by atoms with Gasteiger partial charge in [-0.2, -0.15) is 0 Å². The minimum Gasteiger partial charge on any atom is -0.385 e. The second kappa shape index (κ2) is 3.90. The predicted molar refractivity (Wildman–Crippen MR) is 53.3 cm³/mol. The van der Waals surface area contributed by atoms with Crippen molar-refractivity contribution in [1.82, 2.24) is 0 Å². The summed E-state index contributed by atoms with van der Waals surface area (Å²) in [6.07, 6.45) is 0. The molecule has 3 heteroatoms. The van der Waals surface area contributed by atoms with Gasteiger partial charge in [0.2, 0.25) is 0 Å². The lowest BCUT2D eigenvalue weighted by atomic mass is 10.3. The fourth-order valence-corrected chi connectivity index (χ4v) is 1.49. The molecule has 0 aliphatic heterocycles. The summed E-state index contributed by atoms with van der Waals surface area (Å²) in [5.74, 6) is -0.187. The first-order valence-corrected chi connectivity index (χ1v) is 4.50. The zero-order chi connectivity index (χ0) is 8.27. The Kier molecular flexibility index (Phi) is 3.11. The summed E-state index contributed by atoms with van der Waals surface area (Å²) >= 11 is 2.09. The molecule has 0 spiro atoms. The van der Waals surface area contributed by atoms with Crippen LogP contribution in [0.5, 0.6) is 0 Å². The molecule has 0 amide bonds. The van der Waals surface area contributed by atoms with Gasteiger partial charge in [-0.05, 0) is 47.7 Å². The van der Waals surface area contributed by atoms with E-state index in [0.29, 0.717) is 0 Å². The third kappa shape index (κ3) is 2.65. The molecule has 0 aromatic heterocycles. The Balaban J connectivity index is 2.89. The van der Waals surface area contributed by atoms with Crippen LogP contribution in [0.3, 0.4) is 0 Å². The summed E-state index contributed by atoms with van der Waals surface area (Å²) in [7, 11) is 0. The van der Waals surface area contributed by atoms with Crippen LogP contribution >= 0.6 is 22.6 Å². The van der Waals surface area contributed by atoms with Gasteiger partial charge in [0.05, 0.1) is 0 Å². The Morgan fingerprint density at radius 3 is 2.73 bits per heavy atom. The van der Waals surface area contributed by atoms with Crippen molar-refractivity contribution < 1.29 is 4.39 Å². The van der Waals surface area contributed by atoms with Gasteiger partial charge in [0.1, 0.15) is 5.82 Å². The molecule has 0 bridgehead atoms. The highest BCUT2D eigenvalue weighted by Gasteiger charge is 1.95. The molecule has 0 heterocycles. The van der Waals surface area contributed by atoms with Crippen molar-refractivity contribution in [3.63, 3.8) is 0 Å². The second-order valence-corrected chi connectivity index (χ2v) is 3.43. The first kappa shape index (κ1) is 8.77. The minimum absolute atomic E-state index is 0.187. The SMILES string of the molecule is CCNc1cc(F)cc(I)c1. The standard InChI is InChI=1S/C8H9FIN/c1-2-11-8-4-6(9)3-7(10)5-8/h3-5,11H,2H2,1H3. The lowest BCUT2D eigenvalue weighted by Crippen LogP contribution is -1.96. The van der Waals surface area contributed by atoms with Gasteiger partial charge in [0.15, 0.2) is 0 Å². The highest BCUT2D eigenvalue weighted by atomic mass is 127. The van der Waals surface area contributed by atoms with Crippen molar-refractivity contribution in [2.45, 2.75) is 6.92 Å². The van der Waals surface area contributed by atoms with E-state index in [2.05, 4.69) is 27.9 Å². The molecule has 0 atom stereocenters. The van der Waals surface area contributed by atoms with E-state index in [1.165, 1.54) is 12.1 Å². The predicted octanol–water partition coefficient (Wildman–Crippen LogP) is 2.86. The Morgan fingerprint density at radius 1 is 1.45 bits per heavy atom. The van der Waals surface area contributed by atoms with Crippen molar-refractivity contribution >= 4 is 28.3 Å². The van der Waals surface area contributed by atoms with Gasteiger partial charge in [-0.3, -0.25) is 0 Å². The Morgan fingerprint density at radius 2 is 2.18 bits per heavy atom. The van der Waals surface area contributed by atoms with Crippen molar-refractivity contribution in [3.8, 4) is 0 Å². The van der Waals surface area contributed by atoms with E-state index >= 15 is 0 Å². The van der Waals surface area contributed by atoms with E-state index in [1.54, 1.807) is 0 Å². The number of benzene rings is 1. The molecule has 0 saturated heterocycles. The first-order chi connectivity index (χ1) is 5.22. The van der Waals surface area contributed by atoms with Crippen molar-refractivity contribution in [2.75, 3.05) is 11.9 Å². The Hall–Kier alpha value is -0.320. The van der Waals surface area contributed by atoms with Gasteiger partial charge < -0.3 is 5.32 Å². The molecule has 0 aliphatic carbocycles. The van der Waals surface area contributed by atoms with Gasteiger partial charge in [0, 0.05) is 15.8 Å². The molecule has 0 unspecified atom stereocenters. The summed E-state index contributed by atoms with van der Waals surface area (Å²) in [6.45, 7) is 2.80. The normalized spacial score (nSPS) is 9.73. The molecule has 0 saturated carbocycles. The fraction of sp³-hybridized carbons (Fsp3) is 0.250. The number of rotatable bonds is 2. The van der Waals surface area contributed by atoms with Crippen LogP contribution in [0.15, 0.2) is 18.2 Å². The summed E-state index contributed by atoms with van der Waals surface area (Å²) in [5.41, 5.74) is 0.844. The Bertz CT molecular complexity index is 230. The minimum atomic E-state index is -0.187. The largest absolute Gasteiger partial charge is 0.385 e. The molecule has 1 rings (SSSR count). The number of hydrogen-bond donors (Lipinski definition) is 1. The van der Waals surface area contributed by atoms with E-state index < -0.39 is 0 Å². The summed E-state index contributed by atoms with van der Waals surface area (Å²) in [4.78, 5) is 0. The van der Waals surface area contributed by atoms with Gasteiger partial charge in [-0.1, -0.05) is 0 Å². The maximum atomic E-state index is 12.7. The molecule has 0 radical (unpaired) electrons. The zero-order valence-electron chi connectivity index (χ0n) is 6.20. The highest BCUT2D eigenvalue weighted by Crippen LogP contribution is 2.14. The number of hydrogen-bond acceptors (Lipinski definition) is 1. The molecule has 11 heavy (non-hydrogen) atoms. The number of halogens is 2. The van der Waals surface area contributed by atoms with E-state index in [9.17, 15) is 4.39 Å². The van der Waals surface area contributed by atoms with Crippen LogP contribution in [-0.2, 0) is 0 Å². The molecule has 0 aliphatic rings.